The van der Waals surface area contributed by atoms with Gasteiger partial charge in [0.2, 0.25) is 5.91 Å². The second-order valence-electron chi connectivity index (χ2n) is 9.07. The molecule has 0 saturated carbocycles. The normalized spacial score (nSPS) is 19.3. The molecular weight excluding hydrogens is 430 g/mol. The summed E-state index contributed by atoms with van der Waals surface area (Å²) >= 11 is 0. The SMILES string of the molecule is COc1ccc(CCN2CCN(CC(=O)N3CCCC3c3ccc(OC)cc3OC)CC2)cc1. The summed E-state index contributed by atoms with van der Waals surface area (Å²) in [5.41, 5.74) is 2.39. The zero-order chi connectivity index (χ0) is 23.9. The first-order valence-electron chi connectivity index (χ1n) is 12.2. The highest BCUT2D eigenvalue weighted by Gasteiger charge is 2.33. The van der Waals surface area contributed by atoms with Crippen LogP contribution in [0.5, 0.6) is 17.2 Å². The number of benzene rings is 2. The smallest absolute Gasteiger partial charge is 0.237 e. The molecule has 0 spiro atoms. The molecule has 2 heterocycles. The second-order valence-corrected chi connectivity index (χ2v) is 9.07. The van der Waals surface area contributed by atoms with Crippen LogP contribution < -0.4 is 14.2 Å². The number of methoxy groups -OCH3 is 3. The summed E-state index contributed by atoms with van der Waals surface area (Å²) in [5, 5.41) is 0. The van der Waals surface area contributed by atoms with Crippen molar-refractivity contribution in [2.75, 3.05) is 67.1 Å². The average molecular weight is 468 g/mol. The molecule has 7 heteroatoms. The van der Waals surface area contributed by atoms with E-state index >= 15 is 0 Å². The topological polar surface area (TPSA) is 54.5 Å². The molecule has 2 aromatic rings. The van der Waals surface area contributed by atoms with E-state index in [1.165, 1.54) is 5.56 Å². The Bertz CT molecular complexity index is 941. The van der Waals surface area contributed by atoms with Crippen LogP contribution in [0.2, 0.25) is 0 Å². The Morgan fingerprint density at radius 1 is 0.853 bits per heavy atom. The van der Waals surface area contributed by atoms with E-state index < -0.39 is 0 Å². The molecule has 2 saturated heterocycles. The van der Waals surface area contributed by atoms with Crippen LogP contribution in [0, 0.1) is 0 Å². The van der Waals surface area contributed by atoms with Gasteiger partial charge >= 0.3 is 0 Å². The predicted octanol–water partition coefficient (Wildman–Crippen LogP) is 3.24. The number of hydrogen-bond donors (Lipinski definition) is 0. The zero-order valence-corrected chi connectivity index (χ0v) is 20.7. The minimum Gasteiger partial charge on any atom is -0.497 e. The Balaban J connectivity index is 1.27. The summed E-state index contributed by atoms with van der Waals surface area (Å²) in [5.74, 6) is 2.66. The molecule has 7 nitrogen and oxygen atoms in total. The van der Waals surface area contributed by atoms with Crippen LogP contribution in [0.25, 0.3) is 0 Å². The Morgan fingerprint density at radius 2 is 1.53 bits per heavy atom. The van der Waals surface area contributed by atoms with Gasteiger partial charge in [0, 0.05) is 50.9 Å². The average Bonchev–Trinajstić information content (AvgIpc) is 3.38. The van der Waals surface area contributed by atoms with Gasteiger partial charge in [-0.15, -0.1) is 0 Å². The lowest BCUT2D eigenvalue weighted by atomic mass is 10.0. The molecule has 0 bridgehead atoms. The van der Waals surface area contributed by atoms with Crippen molar-refractivity contribution in [2.24, 2.45) is 0 Å². The van der Waals surface area contributed by atoms with Gasteiger partial charge in [-0.25, -0.2) is 0 Å². The number of likely N-dealkylation sites (tertiary alicyclic amines) is 1. The van der Waals surface area contributed by atoms with Gasteiger partial charge in [-0.2, -0.15) is 0 Å². The van der Waals surface area contributed by atoms with E-state index in [-0.39, 0.29) is 11.9 Å². The van der Waals surface area contributed by atoms with Gasteiger partial charge in [-0.3, -0.25) is 9.69 Å². The van der Waals surface area contributed by atoms with Crippen molar-refractivity contribution in [1.29, 1.82) is 0 Å². The maximum atomic E-state index is 13.3. The predicted molar refractivity (Wildman–Crippen MR) is 133 cm³/mol. The van der Waals surface area contributed by atoms with Crippen LogP contribution >= 0.6 is 0 Å². The lowest BCUT2D eigenvalue weighted by Gasteiger charge is -2.36. The van der Waals surface area contributed by atoms with Crippen molar-refractivity contribution >= 4 is 5.91 Å². The molecule has 2 aliphatic heterocycles. The molecule has 2 aromatic carbocycles. The fraction of sp³-hybridized carbons (Fsp3) is 0.519. The van der Waals surface area contributed by atoms with E-state index in [2.05, 4.69) is 21.9 Å². The molecule has 0 aliphatic carbocycles. The van der Waals surface area contributed by atoms with E-state index in [4.69, 9.17) is 14.2 Å². The third kappa shape index (κ3) is 5.83. The highest BCUT2D eigenvalue weighted by molar-refractivity contribution is 5.79. The lowest BCUT2D eigenvalue weighted by Crippen LogP contribution is -2.50. The fourth-order valence-electron chi connectivity index (χ4n) is 5.01. The molecule has 1 amide bonds. The van der Waals surface area contributed by atoms with Gasteiger partial charge < -0.3 is 24.0 Å². The number of carbonyl (C=O) groups is 1. The molecule has 0 radical (unpaired) electrons. The van der Waals surface area contributed by atoms with Crippen molar-refractivity contribution < 1.29 is 19.0 Å². The van der Waals surface area contributed by atoms with Gasteiger partial charge in [0.05, 0.1) is 33.9 Å². The third-order valence-electron chi connectivity index (χ3n) is 7.07. The molecule has 2 fully saturated rings. The number of amides is 1. The molecule has 1 unspecified atom stereocenters. The van der Waals surface area contributed by atoms with Crippen molar-refractivity contribution in [3.8, 4) is 17.2 Å². The first-order chi connectivity index (χ1) is 16.6. The standard InChI is InChI=1S/C27H37N3O4/c1-32-22-8-6-21(7-9-22)12-14-28-15-17-29(18-16-28)20-27(31)30-13-4-5-25(30)24-11-10-23(33-2)19-26(24)34-3/h6-11,19,25H,4-5,12-18,20H2,1-3H3. The lowest BCUT2D eigenvalue weighted by molar-refractivity contribution is -0.133. The van der Waals surface area contributed by atoms with E-state index in [0.29, 0.717) is 6.54 Å². The van der Waals surface area contributed by atoms with Gasteiger partial charge in [-0.1, -0.05) is 12.1 Å². The maximum absolute atomic E-state index is 13.3. The van der Waals surface area contributed by atoms with Crippen LogP contribution in [0.15, 0.2) is 42.5 Å². The molecular formula is C27H37N3O4. The summed E-state index contributed by atoms with van der Waals surface area (Å²) in [7, 11) is 5.02. The summed E-state index contributed by atoms with van der Waals surface area (Å²) in [6.07, 6.45) is 3.01. The largest absolute Gasteiger partial charge is 0.497 e. The Hall–Kier alpha value is -2.77. The minimum absolute atomic E-state index is 0.0686. The van der Waals surface area contributed by atoms with Crippen molar-refractivity contribution in [2.45, 2.75) is 25.3 Å². The number of piperazine rings is 1. The third-order valence-corrected chi connectivity index (χ3v) is 7.07. The zero-order valence-electron chi connectivity index (χ0n) is 20.7. The molecule has 1 atom stereocenters. The molecule has 34 heavy (non-hydrogen) atoms. The number of hydrogen-bond acceptors (Lipinski definition) is 6. The van der Waals surface area contributed by atoms with Gasteiger partial charge in [0.1, 0.15) is 17.2 Å². The van der Waals surface area contributed by atoms with E-state index in [1.54, 1.807) is 21.3 Å². The summed E-state index contributed by atoms with van der Waals surface area (Å²) in [6.45, 7) is 6.19. The number of rotatable bonds is 9. The second kappa shape index (κ2) is 11.6. The summed E-state index contributed by atoms with van der Waals surface area (Å²) in [4.78, 5) is 20.1. The Kier molecular flexibility index (Phi) is 8.29. The first kappa shape index (κ1) is 24.4. The first-order valence-corrected chi connectivity index (χ1v) is 12.2. The van der Waals surface area contributed by atoms with E-state index in [0.717, 1.165) is 81.3 Å². The Labute approximate surface area is 203 Å². The quantitative estimate of drug-likeness (QED) is 0.565. The highest BCUT2D eigenvalue weighted by atomic mass is 16.5. The molecule has 2 aliphatic rings. The van der Waals surface area contributed by atoms with Crippen molar-refractivity contribution in [3.05, 3.63) is 53.6 Å². The summed E-state index contributed by atoms with van der Waals surface area (Å²) < 4.78 is 16.2. The highest BCUT2D eigenvalue weighted by Crippen LogP contribution is 2.38. The number of ether oxygens (including phenoxy) is 3. The summed E-state index contributed by atoms with van der Waals surface area (Å²) in [6, 6.07) is 14.3. The molecule has 0 aromatic heterocycles. The van der Waals surface area contributed by atoms with Gasteiger partial charge in [0.15, 0.2) is 0 Å². The monoisotopic (exact) mass is 467 g/mol. The van der Waals surface area contributed by atoms with Gasteiger partial charge in [-0.05, 0) is 49.1 Å². The maximum Gasteiger partial charge on any atom is 0.237 e. The van der Waals surface area contributed by atoms with E-state index in [9.17, 15) is 4.79 Å². The number of carbonyl (C=O) groups excluding carboxylic acids is 1. The van der Waals surface area contributed by atoms with Crippen molar-refractivity contribution in [3.63, 3.8) is 0 Å². The van der Waals surface area contributed by atoms with Crippen LogP contribution in [0.4, 0.5) is 0 Å². The molecule has 0 N–H and O–H groups in total. The molecule has 184 valence electrons. The van der Waals surface area contributed by atoms with Crippen LogP contribution in [-0.2, 0) is 11.2 Å². The van der Waals surface area contributed by atoms with Gasteiger partial charge in [0.25, 0.3) is 0 Å². The van der Waals surface area contributed by atoms with Crippen molar-refractivity contribution in [1.82, 2.24) is 14.7 Å². The van der Waals surface area contributed by atoms with Crippen LogP contribution in [0.3, 0.4) is 0 Å². The van der Waals surface area contributed by atoms with E-state index in [1.807, 2.05) is 35.2 Å². The van der Waals surface area contributed by atoms with Crippen LogP contribution in [0.1, 0.15) is 30.0 Å². The Morgan fingerprint density at radius 3 is 2.21 bits per heavy atom. The fourth-order valence-corrected chi connectivity index (χ4v) is 5.01. The minimum atomic E-state index is 0.0686. The number of nitrogens with zero attached hydrogens (tertiary/aromatic N) is 3. The van der Waals surface area contributed by atoms with Crippen LogP contribution in [-0.4, -0.2) is 87.7 Å². The molecule has 4 rings (SSSR count).